The lowest BCUT2D eigenvalue weighted by molar-refractivity contribution is -0.119. The smallest absolute Gasteiger partial charge is 0.262 e. The number of carbonyl (C=O) groups is 1. The topological polar surface area (TPSA) is 96.5 Å². The maximum absolute atomic E-state index is 12.9. The summed E-state index contributed by atoms with van der Waals surface area (Å²) in [5.74, 6) is 0.222. The highest BCUT2D eigenvalue weighted by molar-refractivity contribution is 7.92. The molecule has 0 spiro atoms. The molecule has 1 atom stereocenters. The van der Waals surface area contributed by atoms with Crippen LogP contribution >= 0.6 is 0 Å². The molecule has 144 valence electrons. The highest BCUT2D eigenvalue weighted by Crippen LogP contribution is 2.28. The number of sulfonamides is 1. The zero-order valence-corrected chi connectivity index (χ0v) is 16.1. The molecule has 1 fully saturated rings. The van der Waals surface area contributed by atoms with E-state index >= 15 is 0 Å². The van der Waals surface area contributed by atoms with E-state index in [0.717, 1.165) is 13.0 Å². The standard InChI is InChI=1S/C19H23N3O4S/c1-13-7-8-15(21-19(23)14-9-10-20-12-14)11-18(13)27(24,25)22-16-5-3-4-6-17(16)26-2/h3-8,11,14,20,22H,9-10,12H2,1-2H3,(H,21,23). The SMILES string of the molecule is COc1ccccc1NS(=O)(=O)c1cc(NC(=O)C2CCNC2)ccc1C. The molecule has 0 aromatic heterocycles. The van der Waals surface area contributed by atoms with E-state index in [9.17, 15) is 13.2 Å². The zero-order valence-electron chi connectivity index (χ0n) is 15.3. The van der Waals surface area contributed by atoms with Crippen molar-refractivity contribution in [2.75, 3.05) is 30.2 Å². The van der Waals surface area contributed by atoms with Gasteiger partial charge in [-0.2, -0.15) is 0 Å². The molecule has 0 saturated carbocycles. The van der Waals surface area contributed by atoms with Crippen LogP contribution in [0, 0.1) is 12.8 Å². The lowest BCUT2D eigenvalue weighted by Crippen LogP contribution is -2.25. The van der Waals surface area contributed by atoms with E-state index in [1.165, 1.54) is 13.2 Å². The van der Waals surface area contributed by atoms with Gasteiger partial charge in [-0.15, -0.1) is 0 Å². The molecular weight excluding hydrogens is 366 g/mol. The number of amides is 1. The normalized spacial score (nSPS) is 16.7. The Hall–Kier alpha value is -2.58. The molecule has 2 aromatic carbocycles. The third-order valence-electron chi connectivity index (χ3n) is 4.53. The monoisotopic (exact) mass is 389 g/mol. The molecule has 3 rings (SSSR count). The van der Waals surface area contributed by atoms with Crippen molar-refractivity contribution >= 4 is 27.3 Å². The lowest BCUT2D eigenvalue weighted by atomic mass is 10.1. The van der Waals surface area contributed by atoms with Crippen LogP contribution in [0.3, 0.4) is 0 Å². The number of aryl methyl sites for hydroxylation is 1. The molecule has 8 heteroatoms. The Labute approximate surface area is 159 Å². The number of benzene rings is 2. The van der Waals surface area contributed by atoms with Crippen molar-refractivity contribution in [1.82, 2.24) is 5.32 Å². The summed E-state index contributed by atoms with van der Waals surface area (Å²) in [6, 6.07) is 11.7. The summed E-state index contributed by atoms with van der Waals surface area (Å²) in [5, 5.41) is 5.96. The molecule has 3 N–H and O–H groups in total. The van der Waals surface area contributed by atoms with E-state index in [1.54, 1.807) is 43.3 Å². The zero-order chi connectivity index (χ0) is 19.4. The second-order valence-corrected chi connectivity index (χ2v) is 8.12. The van der Waals surface area contributed by atoms with Gasteiger partial charge in [-0.3, -0.25) is 9.52 Å². The van der Waals surface area contributed by atoms with Crippen LogP contribution in [0.4, 0.5) is 11.4 Å². The van der Waals surface area contributed by atoms with Gasteiger partial charge >= 0.3 is 0 Å². The molecule has 0 bridgehead atoms. The van der Waals surface area contributed by atoms with Crippen molar-refractivity contribution in [2.45, 2.75) is 18.2 Å². The molecule has 1 heterocycles. The first-order valence-corrected chi connectivity index (χ1v) is 10.2. The van der Waals surface area contributed by atoms with E-state index in [0.29, 0.717) is 29.2 Å². The second kappa shape index (κ2) is 7.98. The number of para-hydroxylation sites is 2. The number of hydrogen-bond acceptors (Lipinski definition) is 5. The van der Waals surface area contributed by atoms with Crippen molar-refractivity contribution in [3.8, 4) is 5.75 Å². The third-order valence-corrected chi connectivity index (χ3v) is 6.04. The van der Waals surface area contributed by atoms with E-state index in [4.69, 9.17) is 4.74 Å². The maximum Gasteiger partial charge on any atom is 0.262 e. The van der Waals surface area contributed by atoms with Crippen LogP contribution in [0.5, 0.6) is 5.75 Å². The van der Waals surface area contributed by atoms with Crippen molar-refractivity contribution in [3.05, 3.63) is 48.0 Å². The number of ether oxygens (including phenoxy) is 1. The Morgan fingerprint density at radius 1 is 1.22 bits per heavy atom. The minimum absolute atomic E-state index is 0.0990. The number of carbonyl (C=O) groups excluding carboxylic acids is 1. The largest absolute Gasteiger partial charge is 0.495 e. The molecule has 0 radical (unpaired) electrons. The average molecular weight is 389 g/mol. The molecule has 27 heavy (non-hydrogen) atoms. The number of methoxy groups -OCH3 is 1. The Balaban J connectivity index is 1.85. The van der Waals surface area contributed by atoms with Crippen LogP contribution in [0.25, 0.3) is 0 Å². The minimum atomic E-state index is -3.85. The summed E-state index contributed by atoms with van der Waals surface area (Å²) in [6.07, 6.45) is 0.776. The van der Waals surface area contributed by atoms with Gasteiger partial charge in [0.2, 0.25) is 5.91 Å². The first kappa shape index (κ1) is 19.2. The molecule has 7 nitrogen and oxygen atoms in total. The van der Waals surface area contributed by atoms with Gasteiger partial charge in [0.1, 0.15) is 5.75 Å². The third kappa shape index (κ3) is 4.40. The minimum Gasteiger partial charge on any atom is -0.495 e. The summed E-state index contributed by atoms with van der Waals surface area (Å²) >= 11 is 0. The predicted octanol–water partition coefficient (Wildman–Crippen LogP) is 2.35. The van der Waals surface area contributed by atoms with Gasteiger partial charge < -0.3 is 15.4 Å². The number of nitrogens with one attached hydrogen (secondary N) is 3. The van der Waals surface area contributed by atoms with E-state index in [-0.39, 0.29) is 16.7 Å². The van der Waals surface area contributed by atoms with Crippen molar-refractivity contribution in [3.63, 3.8) is 0 Å². The molecule has 1 aliphatic heterocycles. The van der Waals surface area contributed by atoms with Gasteiger partial charge in [-0.25, -0.2) is 8.42 Å². The fourth-order valence-corrected chi connectivity index (χ4v) is 4.36. The van der Waals surface area contributed by atoms with Crippen molar-refractivity contribution in [2.24, 2.45) is 5.92 Å². The molecule has 2 aromatic rings. The van der Waals surface area contributed by atoms with Crippen LogP contribution in [0.1, 0.15) is 12.0 Å². The van der Waals surface area contributed by atoms with Crippen LogP contribution < -0.4 is 20.1 Å². The molecular formula is C19H23N3O4S. The van der Waals surface area contributed by atoms with Gasteiger partial charge in [0.05, 0.1) is 23.6 Å². The van der Waals surface area contributed by atoms with E-state index in [1.807, 2.05) is 0 Å². The fraction of sp³-hybridized carbons (Fsp3) is 0.316. The second-order valence-electron chi connectivity index (χ2n) is 6.47. The maximum atomic E-state index is 12.9. The van der Waals surface area contributed by atoms with Crippen LogP contribution in [-0.4, -0.2) is 34.5 Å². The van der Waals surface area contributed by atoms with Gasteiger partial charge in [-0.05, 0) is 49.7 Å². The first-order valence-electron chi connectivity index (χ1n) is 8.69. The quantitative estimate of drug-likeness (QED) is 0.705. The fourth-order valence-electron chi connectivity index (χ4n) is 3.02. The van der Waals surface area contributed by atoms with Crippen molar-refractivity contribution < 1.29 is 17.9 Å². The highest BCUT2D eigenvalue weighted by atomic mass is 32.2. The summed E-state index contributed by atoms with van der Waals surface area (Å²) < 4.78 is 33.5. The van der Waals surface area contributed by atoms with Crippen LogP contribution in [0.2, 0.25) is 0 Å². The first-order chi connectivity index (χ1) is 12.9. The lowest BCUT2D eigenvalue weighted by Gasteiger charge is -2.15. The Morgan fingerprint density at radius 2 is 2.00 bits per heavy atom. The molecule has 1 aliphatic rings. The van der Waals surface area contributed by atoms with Gasteiger partial charge in [0.15, 0.2) is 0 Å². The number of rotatable bonds is 6. The van der Waals surface area contributed by atoms with Crippen LogP contribution in [0.15, 0.2) is 47.4 Å². The van der Waals surface area contributed by atoms with Crippen molar-refractivity contribution in [1.29, 1.82) is 0 Å². The van der Waals surface area contributed by atoms with Gasteiger partial charge in [-0.1, -0.05) is 18.2 Å². The predicted molar refractivity (Wildman–Crippen MR) is 105 cm³/mol. The average Bonchev–Trinajstić information content (AvgIpc) is 3.18. The highest BCUT2D eigenvalue weighted by Gasteiger charge is 2.24. The Morgan fingerprint density at radius 3 is 2.70 bits per heavy atom. The summed E-state index contributed by atoms with van der Waals surface area (Å²) in [7, 11) is -2.37. The number of anilines is 2. The van der Waals surface area contributed by atoms with E-state index < -0.39 is 10.0 Å². The summed E-state index contributed by atoms with van der Waals surface area (Å²) in [5.41, 5.74) is 1.39. The van der Waals surface area contributed by atoms with Gasteiger partial charge in [0, 0.05) is 12.2 Å². The Bertz CT molecular complexity index is 938. The Kier molecular flexibility index (Phi) is 5.67. The van der Waals surface area contributed by atoms with Gasteiger partial charge in [0.25, 0.3) is 10.0 Å². The number of hydrogen-bond donors (Lipinski definition) is 3. The van der Waals surface area contributed by atoms with E-state index in [2.05, 4.69) is 15.4 Å². The van der Waals surface area contributed by atoms with Crippen LogP contribution in [-0.2, 0) is 14.8 Å². The summed E-state index contributed by atoms with van der Waals surface area (Å²) in [6.45, 7) is 3.16. The molecule has 0 aliphatic carbocycles. The molecule has 1 amide bonds. The molecule has 1 saturated heterocycles. The molecule has 1 unspecified atom stereocenters. The summed E-state index contributed by atoms with van der Waals surface area (Å²) in [4.78, 5) is 12.4.